The van der Waals surface area contributed by atoms with Crippen LogP contribution in [0.25, 0.3) is 66.5 Å². The minimum atomic E-state index is 0.621. The van der Waals surface area contributed by atoms with Gasteiger partial charge in [0.1, 0.15) is 11.2 Å². The Kier molecular flexibility index (Phi) is 66.8. The van der Waals surface area contributed by atoms with E-state index in [0.29, 0.717) is 39.6 Å². The zero-order chi connectivity index (χ0) is 95.3. The van der Waals surface area contributed by atoms with Crippen LogP contribution in [0.3, 0.4) is 0 Å². The number of hydrogen-bond donors (Lipinski definition) is 0. The maximum atomic E-state index is 7.33. The molecule has 0 aliphatic carbocycles. The molecule has 0 bridgehead atoms. The monoisotopic (exact) mass is 1880 g/mol. The molecule has 770 valence electrons. The van der Waals surface area contributed by atoms with Crippen LogP contribution >= 0.6 is 0 Å². The molecule has 0 saturated heterocycles. The molecule has 9 heteroatoms. The number of rotatable bonds is 98. The lowest BCUT2D eigenvalue weighted by Gasteiger charge is -2.26. The Balaban J connectivity index is 1.14. The SMILES string of the molecule is CCCCCCCCCCCCCCCCOc1cc(-n2c3cccc4oc5cccc6c5c(c5c2cccc5[n+]6-c2cc(OCCCCCCCCCCCCCCCC)c(OCCCCCCCCCCCCCCCC)c(OCCCCCCCCCCCCCCCC)c2)-c43)cc(OCCCCCCCCCCCCCCCC)c1OCCCCCCCCCCCCCCCC. The summed E-state index contributed by atoms with van der Waals surface area (Å²) in [5, 5.41) is 2.28. The predicted molar refractivity (Wildman–Crippen MR) is 592 cm³/mol. The second-order valence-electron chi connectivity index (χ2n) is 42.3. The number of nitrogens with zero attached hydrogens (tertiary/aromatic N) is 2. The van der Waals surface area contributed by atoms with Crippen molar-refractivity contribution in [1.29, 1.82) is 0 Å². The van der Waals surface area contributed by atoms with Crippen molar-refractivity contribution in [2.24, 2.45) is 0 Å². The highest BCUT2D eigenvalue weighted by Crippen LogP contribution is 2.51. The zero-order valence-corrected chi connectivity index (χ0v) is 89.9. The molecular formula is C127H211N2O7+. The van der Waals surface area contributed by atoms with Crippen LogP contribution < -0.4 is 33.0 Å². The van der Waals surface area contributed by atoms with Gasteiger partial charge in [-0.3, -0.25) is 0 Å². The molecule has 2 aliphatic heterocycles. The second kappa shape index (κ2) is 78.7. The summed E-state index contributed by atoms with van der Waals surface area (Å²) < 4.78 is 55.9. The van der Waals surface area contributed by atoms with Crippen LogP contribution in [-0.4, -0.2) is 44.2 Å². The molecule has 8 rings (SSSR count). The maximum absolute atomic E-state index is 7.33. The number of benzene rings is 5. The van der Waals surface area contributed by atoms with Gasteiger partial charge in [-0.15, -0.1) is 0 Å². The van der Waals surface area contributed by atoms with Crippen LogP contribution in [-0.2, 0) is 0 Å². The van der Waals surface area contributed by atoms with Gasteiger partial charge in [-0.2, -0.15) is 4.57 Å². The zero-order valence-electron chi connectivity index (χ0n) is 89.9. The van der Waals surface area contributed by atoms with Crippen LogP contribution in [0.5, 0.6) is 34.5 Å². The molecular weight excluding hydrogens is 1670 g/mol. The largest absolute Gasteiger partial charge is 0.489 e. The summed E-state index contributed by atoms with van der Waals surface area (Å²) in [6, 6.07) is 29.6. The average molecular weight is 1880 g/mol. The summed E-state index contributed by atoms with van der Waals surface area (Å²) in [7, 11) is 0. The lowest BCUT2D eigenvalue weighted by molar-refractivity contribution is -0.537. The third-order valence-corrected chi connectivity index (χ3v) is 30.0. The number of unbranched alkanes of at least 4 members (excludes halogenated alkanes) is 78. The first-order valence-electron chi connectivity index (χ1n) is 60.2. The van der Waals surface area contributed by atoms with E-state index in [1.165, 1.54) is 473 Å². The summed E-state index contributed by atoms with van der Waals surface area (Å²) in [6.45, 7) is 17.7. The second-order valence-corrected chi connectivity index (χ2v) is 42.3. The van der Waals surface area contributed by atoms with E-state index in [2.05, 4.69) is 130 Å². The Morgan fingerprint density at radius 2 is 0.419 bits per heavy atom. The quantitative estimate of drug-likeness (QED) is 0.0163. The molecule has 6 aromatic rings. The highest BCUT2D eigenvalue weighted by atomic mass is 16.5. The normalized spacial score (nSPS) is 11.9. The molecule has 0 radical (unpaired) electrons. The number of ether oxygens (including phenoxy) is 6. The van der Waals surface area contributed by atoms with E-state index in [0.717, 1.165) is 167 Å². The van der Waals surface area contributed by atoms with Gasteiger partial charge < -0.3 is 37.4 Å². The first kappa shape index (κ1) is 115. The molecule has 1 aromatic heterocycles. The molecule has 0 spiro atoms. The van der Waals surface area contributed by atoms with Crippen molar-refractivity contribution in [1.82, 2.24) is 4.57 Å². The fourth-order valence-corrected chi connectivity index (χ4v) is 21.5. The van der Waals surface area contributed by atoms with Gasteiger partial charge in [0.15, 0.2) is 23.0 Å². The predicted octanol–water partition coefficient (Wildman–Crippen LogP) is 42.7. The average Bonchev–Trinajstić information content (AvgIpc) is 0.684. The van der Waals surface area contributed by atoms with Gasteiger partial charge in [0, 0.05) is 29.8 Å². The van der Waals surface area contributed by atoms with Gasteiger partial charge in [0.25, 0.3) is 0 Å². The summed E-state index contributed by atoms with van der Waals surface area (Å²) in [5.74, 6) is 4.62. The highest BCUT2D eigenvalue weighted by Gasteiger charge is 2.35. The topological polar surface area (TPSA) is 77.3 Å². The Morgan fingerprint density at radius 3 is 0.691 bits per heavy atom. The Labute approximate surface area is 837 Å². The van der Waals surface area contributed by atoms with Crippen LogP contribution in [0.15, 0.2) is 83.3 Å². The van der Waals surface area contributed by atoms with E-state index in [1.807, 2.05) is 0 Å². The van der Waals surface area contributed by atoms with Gasteiger partial charge in [0.2, 0.25) is 28.2 Å². The first-order valence-corrected chi connectivity index (χ1v) is 60.2. The molecule has 0 unspecified atom stereocenters. The molecule has 5 aromatic carbocycles. The fourth-order valence-electron chi connectivity index (χ4n) is 21.5. The standard InChI is InChI=1S/C127H211N2O7/c1-7-13-19-25-31-37-43-49-55-61-67-73-79-85-100-130-118-106-110(107-119(131-101-86-80-74-68-62-56-50-44-38-32-26-20-14-8-2)126(118)134-104-89-83-77-71-65-59-53-47-41-35-29-23-17-11-5)128-112-94-91-95-113-122(112)125-123-114(128)96-92-98-116(123)136-117-99-93-97-115(124(117)125)129(113)111-108-120(132-102-87-81-75-69-63-57-51-45-39-33-27-21-15-9-3)127(135-105-90-84-78-72-66-60-54-48-42-36-30-24-18-12-6)121(109-111)133-103-88-82-76-70-64-58-52-46-40-34-28-22-16-10-4/h91-99,106-109H,7-90,100-105H2,1-6H3/q+1. The third-order valence-electron chi connectivity index (χ3n) is 30.0. The van der Waals surface area contributed by atoms with E-state index in [4.69, 9.17) is 32.8 Å². The first-order chi connectivity index (χ1) is 67.6. The molecule has 3 heterocycles. The van der Waals surface area contributed by atoms with Crippen LogP contribution in [0.1, 0.15) is 581 Å². The lowest BCUT2D eigenvalue weighted by Crippen LogP contribution is -2.34. The molecule has 0 amide bonds. The fraction of sp³-hybridized carbons (Fsp3) is 0.756. The smallest absolute Gasteiger partial charge is 0.223 e. The van der Waals surface area contributed by atoms with E-state index in [9.17, 15) is 0 Å². The van der Waals surface area contributed by atoms with Crippen molar-refractivity contribution < 1.29 is 37.4 Å². The van der Waals surface area contributed by atoms with Gasteiger partial charge in [-0.05, 0) is 62.8 Å². The van der Waals surface area contributed by atoms with E-state index in [1.54, 1.807) is 0 Å². The van der Waals surface area contributed by atoms with Crippen LogP contribution in [0.2, 0.25) is 0 Å². The number of hydrogen-bond acceptors (Lipinski definition) is 7. The van der Waals surface area contributed by atoms with Gasteiger partial charge >= 0.3 is 0 Å². The van der Waals surface area contributed by atoms with Crippen molar-refractivity contribution in [3.05, 3.63) is 78.9 Å². The van der Waals surface area contributed by atoms with E-state index in [-0.39, 0.29) is 0 Å². The van der Waals surface area contributed by atoms with E-state index < -0.39 is 0 Å². The Bertz CT molecular complexity index is 3960. The third kappa shape index (κ3) is 46.9. The molecule has 0 fully saturated rings. The Morgan fingerprint density at radius 1 is 0.206 bits per heavy atom. The van der Waals surface area contributed by atoms with Crippen LogP contribution in [0.4, 0.5) is 0 Å². The Hall–Kier alpha value is -5.83. The highest BCUT2D eigenvalue weighted by molar-refractivity contribution is 6.24. The minimum Gasteiger partial charge on any atom is -0.489 e. The van der Waals surface area contributed by atoms with Gasteiger partial charge in [0.05, 0.1) is 84.8 Å². The summed E-state index contributed by atoms with van der Waals surface area (Å²) in [5.41, 5.74) is 10.4. The minimum absolute atomic E-state index is 0.621. The van der Waals surface area contributed by atoms with Crippen molar-refractivity contribution in [2.75, 3.05) is 39.6 Å². The van der Waals surface area contributed by atoms with Crippen molar-refractivity contribution in [3.63, 3.8) is 0 Å². The van der Waals surface area contributed by atoms with Crippen molar-refractivity contribution >= 4 is 44.0 Å². The molecule has 0 saturated carbocycles. The maximum Gasteiger partial charge on any atom is 0.223 e. The van der Waals surface area contributed by atoms with E-state index >= 15 is 0 Å². The summed E-state index contributed by atoms with van der Waals surface area (Å²) in [4.78, 5) is 0. The van der Waals surface area contributed by atoms with Crippen molar-refractivity contribution in [3.8, 4) is 57.0 Å². The lowest BCUT2D eigenvalue weighted by atomic mass is 9.90. The number of pyridine rings is 2. The van der Waals surface area contributed by atoms with Gasteiger partial charge in [-0.25, -0.2) is 0 Å². The number of aromatic nitrogens is 2. The molecule has 0 atom stereocenters. The summed E-state index contributed by atoms with van der Waals surface area (Å²) >= 11 is 0. The molecule has 0 N–H and O–H groups in total. The molecule has 136 heavy (non-hydrogen) atoms. The van der Waals surface area contributed by atoms with Crippen LogP contribution in [0, 0.1) is 0 Å². The van der Waals surface area contributed by atoms with Crippen molar-refractivity contribution in [2.45, 2.75) is 581 Å². The molecule has 9 nitrogen and oxygen atoms in total. The van der Waals surface area contributed by atoms with Gasteiger partial charge in [-0.1, -0.05) is 561 Å². The summed E-state index contributed by atoms with van der Waals surface area (Å²) in [6.07, 6.45) is 111. The molecule has 2 aliphatic rings.